The molecule has 2 unspecified atom stereocenters. The largest absolute Gasteiger partial charge is 0.507 e. The number of alkyl halides is 6. The second kappa shape index (κ2) is 6.75. The number of nitrogens with one attached hydrogen (secondary N) is 1. The number of benzene rings is 1. The molecule has 0 bridgehead atoms. The maximum absolute atomic E-state index is 13.8. The lowest BCUT2D eigenvalue weighted by molar-refractivity contribution is -0.140. The summed E-state index contributed by atoms with van der Waals surface area (Å²) in [6, 6.07) is 4.90. The van der Waals surface area contributed by atoms with Crippen LogP contribution in [0.4, 0.5) is 30.7 Å². The van der Waals surface area contributed by atoms with Gasteiger partial charge in [-0.05, 0) is 36.1 Å². The van der Waals surface area contributed by atoms with Crippen molar-refractivity contribution in [1.29, 1.82) is 0 Å². The van der Waals surface area contributed by atoms with Crippen LogP contribution in [0.15, 0.2) is 42.7 Å². The minimum absolute atomic E-state index is 0.0380. The van der Waals surface area contributed by atoms with Crippen molar-refractivity contribution in [1.82, 2.24) is 9.97 Å². The summed E-state index contributed by atoms with van der Waals surface area (Å²) in [6.07, 6.45) is -6.82. The first-order chi connectivity index (χ1) is 13.9. The highest BCUT2D eigenvalue weighted by Crippen LogP contribution is 2.55. The Labute approximate surface area is 165 Å². The minimum Gasteiger partial charge on any atom is -0.507 e. The Balaban J connectivity index is 1.54. The Morgan fingerprint density at radius 2 is 1.70 bits per heavy atom. The predicted molar refractivity (Wildman–Crippen MR) is 92.2 cm³/mol. The van der Waals surface area contributed by atoms with Crippen LogP contribution in [0.2, 0.25) is 0 Å². The zero-order chi connectivity index (χ0) is 21.8. The average molecular weight is 430 g/mol. The van der Waals surface area contributed by atoms with E-state index in [0.29, 0.717) is 23.7 Å². The fourth-order valence-corrected chi connectivity index (χ4v) is 3.47. The topological polar surface area (TPSA) is 48.9 Å². The standard InChI is InChI=1S/C20H13F7N2O/c21-15-3-9(1-2-14(15)20(25,26)27)11-5-12(11)17-6-18(30)13(8-29-17)16-4-10(7-28-16)19(22,23)24/h1-4,6-8,11-12,28H,5H2,(H,29,30). The van der Waals surface area contributed by atoms with Gasteiger partial charge in [-0.15, -0.1) is 0 Å². The van der Waals surface area contributed by atoms with E-state index in [4.69, 9.17) is 0 Å². The van der Waals surface area contributed by atoms with E-state index in [2.05, 4.69) is 9.97 Å². The molecule has 3 nitrogen and oxygen atoms in total. The molecule has 2 N–H and O–H groups in total. The molecule has 1 saturated carbocycles. The van der Waals surface area contributed by atoms with E-state index in [1.54, 1.807) is 0 Å². The molecule has 10 heteroatoms. The molecule has 30 heavy (non-hydrogen) atoms. The zero-order valence-corrected chi connectivity index (χ0v) is 14.9. The lowest BCUT2D eigenvalue weighted by Crippen LogP contribution is -2.08. The molecule has 1 aliphatic carbocycles. The van der Waals surface area contributed by atoms with Crippen molar-refractivity contribution in [2.24, 2.45) is 0 Å². The van der Waals surface area contributed by atoms with Gasteiger partial charge in [0.15, 0.2) is 0 Å². The number of H-pyrrole nitrogens is 1. The molecule has 0 spiro atoms. The summed E-state index contributed by atoms with van der Waals surface area (Å²) in [5.74, 6) is -2.15. The highest BCUT2D eigenvalue weighted by atomic mass is 19.4. The highest BCUT2D eigenvalue weighted by molar-refractivity contribution is 5.67. The molecule has 3 aromatic rings. The summed E-state index contributed by atoms with van der Waals surface area (Å²) in [4.78, 5) is 6.61. The second-order valence-corrected chi connectivity index (χ2v) is 7.11. The van der Waals surface area contributed by atoms with Crippen LogP contribution in [0.5, 0.6) is 5.75 Å². The van der Waals surface area contributed by atoms with Crippen LogP contribution < -0.4 is 0 Å². The van der Waals surface area contributed by atoms with Crippen molar-refractivity contribution in [2.45, 2.75) is 30.6 Å². The monoisotopic (exact) mass is 430 g/mol. The first-order valence-corrected chi connectivity index (χ1v) is 8.76. The highest BCUT2D eigenvalue weighted by Gasteiger charge is 2.42. The second-order valence-electron chi connectivity index (χ2n) is 7.11. The number of hydrogen-bond acceptors (Lipinski definition) is 2. The molecule has 2 aromatic heterocycles. The lowest BCUT2D eigenvalue weighted by Gasteiger charge is -2.09. The van der Waals surface area contributed by atoms with Crippen molar-refractivity contribution in [3.05, 3.63) is 70.9 Å². The number of hydrogen-bond donors (Lipinski definition) is 2. The first-order valence-electron chi connectivity index (χ1n) is 8.76. The third-order valence-corrected chi connectivity index (χ3v) is 5.10. The summed E-state index contributed by atoms with van der Waals surface area (Å²) in [5, 5.41) is 10.2. The fourth-order valence-electron chi connectivity index (χ4n) is 3.47. The van der Waals surface area contributed by atoms with Crippen molar-refractivity contribution in [2.75, 3.05) is 0 Å². The zero-order valence-electron chi connectivity index (χ0n) is 14.9. The molecule has 1 aliphatic rings. The number of nitrogens with zero attached hydrogens (tertiary/aromatic N) is 1. The molecule has 1 aromatic carbocycles. The van der Waals surface area contributed by atoms with Gasteiger partial charge in [-0.25, -0.2) is 4.39 Å². The van der Waals surface area contributed by atoms with Gasteiger partial charge in [-0.1, -0.05) is 6.07 Å². The number of aromatic amines is 1. The van der Waals surface area contributed by atoms with Crippen molar-refractivity contribution in [3.63, 3.8) is 0 Å². The van der Waals surface area contributed by atoms with E-state index < -0.39 is 29.3 Å². The van der Waals surface area contributed by atoms with E-state index in [1.165, 1.54) is 18.3 Å². The molecule has 2 heterocycles. The van der Waals surface area contributed by atoms with E-state index in [1.807, 2.05) is 0 Å². The van der Waals surface area contributed by atoms with Gasteiger partial charge < -0.3 is 10.1 Å². The van der Waals surface area contributed by atoms with Crippen molar-refractivity contribution < 1.29 is 35.8 Å². The third kappa shape index (κ3) is 3.73. The molecule has 1 fully saturated rings. The van der Waals surface area contributed by atoms with Crippen LogP contribution in [0.3, 0.4) is 0 Å². The van der Waals surface area contributed by atoms with Crippen molar-refractivity contribution >= 4 is 0 Å². The maximum Gasteiger partial charge on any atom is 0.419 e. The quantitative estimate of drug-likeness (QED) is 0.484. The van der Waals surface area contributed by atoms with Gasteiger partial charge in [0.1, 0.15) is 11.6 Å². The van der Waals surface area contributed by atoms with Gasteiger partial charge in [0, 0.05) is 30.1 Å². The van der Waals surface area contributed by atoms with Gasteiger partial charge >= 0.3 is 12.4 Å². The van der Waals surface area contributed by atoms with Gasteiger partial charge in [0.05, 0.1) is 22.4 Å². The molecule has 4 rings (SSSR count). The Hall–Kier alpha value is -3.04. The van der Waals surface area contributed by atoms with Gasteiger partial charge in [0.2, 0.25) is 0 Å². The lowest BCUT2D eigenvalue weighted by atomic mass is 10.0. The molecular formula is C20H13F7N2O. The SMILES string of the molecule is Oc1cc(C2CC2c2ccc(C(F)(F)F)c(F)c2)ncc1-c1cc(C(F)(F)F)c[nH]1. The fraction of sp³-hybridized carbons (Fsp3) is 0.250. The molecule has 158 valence electrons. The number of rotatable bonds is 3. The van der Waals surface area contributed by atoms with Crippen LogP contribution >= 0.6 is 0 Å². The molecule has 0 saturated heterocycles. The number of pyridine rings is 1. The summed E-state index contributed by atoms with van der Waals surface area (Å²) >= 11 is 0. The van der Waals surface area contributed by atoms with Gasteiger partial charge in [-0.2, -0.15) is 26.3 Å². The summed E-state index contributed by atoms with van der Waals surface area (Å²) in [6.45, 7) is 0. The van der Waals surface area contributed by atoms with Crippen LogP contribution in [0.1, 0.15) is 40.6 Å². The summed E-state index contributed by atoms with van der Waals surface area (Å²) in [7, 11) is 0. The number of halogens is 7. The molecule has 0 aliphatic heterocycles. The van der Waals surface area contributed by atoms with Gasteiger partial charge in [-0.3, -0.25) is 4.98 Å². The summed E-state index contributed by atoms with van der Waals surface area (Å²) < 4.78 is 90.0. The van der Waals surface area contributed by atoms with E-state index >= 15 is 0 Å². The van der Waals surface area contributed by atoms with E-state index in [-0.39, 0.29) is 28.8 Å². The van der Waals surface area contributed by atoms with E-state index in [9.17, 15) is 35.8 Å². The smallest absolute Gasteiger partial charge is 0.419 e. The molecule has 0 radical (unpaired) electrons. The first kappa shape index (κ1) is 20.2. The molecule has 0 amide bonds. The Morgan fingerprint density at radius 3 is 2.27 bits per heavy atom. The maximum atomic E-state index is 13.8. The number of aromatic hydroxyl groups is 1. The summed E-state index contributed by atoms with van der Waals surface area (Å²) in [5.41, 5.74) is -1.32. The van der Waals surface area contributed by atoms with Gasteiger partial charge in [0.25, 0.3) is 0 Å². The number of aromatic nitrogens is 2. The third-order valence-electron chi connectivity index (χ3n) is 5.10. The molecule has 2 atom stereocenters. The average Bonchev–Trinajstić information content (AvgIpc) is 3.27. The van der Waals surface area contributed by atoms with Crippen LogP contribution in [0.25, 0.3) is 11.3 Å². The predicted octanol–water partition coefficient (Wildman–Crippen LogP) is 6.23. The Morgan fingerprint density at radius 1 is 0.967 bits per heavy atom. The Kier molecular flexibility index (Phi) is 4.55. The van der Waals surface area contributed by atoms with E-state index in [0.717, 1.165) is 18.3 Å². The normalized spacial score (nSPS) is 19.2. The molecular weight excluding hydrogens is 417 g/mol. The van der Waals surface area contributed by atoms with Crippen LogP contribution in [0, 0.1) is 5.82 Å². The van der Waals surface area contributed by atoms with Crippen LogP contribution in [-0.2, 0) is 12.4 Å². The minimum atomic E-state index is -4.78. The van der Waals surface area contributed by atoms with Crippen molar-refractivity contribution in [3.8, 4) is 17.0 Å². The Bertz CT molecular complexity index is 1100. The van der Waals surface area contributed by atoms with Crippen LogP contribution in [-0.4, -0.2) is 15.1 Å².